The summed E-state index contributed by atoms with van der Waals surface area (Å²) >= 11 is 0. The predicted molar refractivity (Wildman–Crippen MR) is 52.8 cm³/mol. The van der Waals surface area contributed by atoms with Crippen LogP contribution in [0.4, 0.5) is 0 Å². The van der Waals surface area contributed by atoms with Crippen LogP contribution in [0.3, 0.4) is 0 Å². The first-order valence-electron chi connectivity index (χ1n) is 5.10. The highest BCUT2D eigenvalue weighted by Crippen LogP contribution is 2.28. The minimum Gasteiger partial charge on any atom is -0.468 e. The molecule has 0 spiro atoms. The van der Waals surface area contributed by atoms with E-state index >= 15 is 0 Å². The lowest BCUT2D eigenvalue weighted by atomic mass is 10.3. The van der Waals surface area contributed by atoms with Crippen molar-refractivity contribution in [3.63, 3.8) is 0 Å². The molecule has 1 aliphatic carbocycles. The topological polar surface area (TPSA) is 33.5 Å². The average Bonchev–Trinajstić information content (AvgIpc) is 2.92. The van der Waals surface area contributed by atoms with Crippen LogP contribution < -0.4 is 0 Å². The zero-order valence-electron chi connectivity index (χ0n) is 8.19. The van der Waals surface area contributed by atoms with Gasteiger partial charge in [0.15, 0.2) is 0 Å². The van der Waals surface area contributed by atoms with E-state index in [1.165, 1.54) is 12.8 Å². The molecule has 1 aliphatic rings. The van der Waals surface area contributed by atoms with Crippen LogP contribution in [0, 0.1) is 0 Å². The fourth-order valence-electron chi connectivity index (χ4n) is 1.65. The fourth-order valence-corrected chi connectivity index (χ4v) is 1.65. The summed E-state index contributed by atoms with van der Waals surface area (Å²) in [6.45, 7) is 1.69. The standard InChI is InChI=1S/C11H15NO2/c13-7-2-6-12(10-4-5-10)9-11-3-1-8-14-11/h1,3,7-8,10H,2,4-6,9H2. The second kappa shape index (κ2) is 4.42. The van der Waals surface area contributed by atoms with Gasteiger partial charge in [-0.3, -0.25) is 4.90 Å². The number of furan rings is 1. The van der Waals surface area contributed by atoms with Crippen LogP contribution in [0.2, 0.25) is 0 Å². The van der Waals surface area contributed by atoms with Gasteiger partial charge in [0.2, 0.25) is 0 Å². The lowest BCUT2D eigenvalue weighted by molar-refractivity contribution is -0.108. The van der Waals surface area contributed by atoms with E-state index in [4.69, 9.17) is 4.42 Å². The van der Waals surface area contributed by atoms with Gasteiger partial charge in [-0.2, -0.15) is 0 Å². The maximum atomic E-state index is 10.3. The molecule has 0 aromatic carbocycles. The molecule has 3 heteroatoms. The van der Waals surface area contributed by atoms with Crippen molar-refractivity contribution < 1.29 is 9.21 Å². The highest BCUT2D eigenvalue weighted by atomic mass is 16.3. The first-order valence-corrected chi connectivity index (χ1v) is 5.10. The van der Waals surface area contributed by atoms with Crippen molar-refractivity contribution in [3.05, 3.63) is 24.2 Å². The number of nitrogens with zero attached hydrogens (tertiary/aromatic N) is 1. The largest absolute Gasteiger partial charge is 0.468 e. The van der Waals surface area contributed by atoms with E-state index < -0.39 is 0 Å². The minimum absolute atomic E-state index is 0.622. The van der Waals surface area contributed by atoms with E-state index in [1.54, 1.807) is 6.26 Å². The molecule has 0 atom stereocenters. The summed E-state index contributed by atoms with van der Waals surface area (Å²) in [5, 5.41) is 0. The third kappa shape index (κ3) is 2.45. The van der Waals surface area contributed by atoms with Gasteiger partial charge in [-0.1, -0.05) is 0 Å². The van der Waals surface area contributed by atoms with Crippen LogP contribution in [-0.2, 0) is 11.3 Å². The van der Waals surface area contributed by atoms with Gasteiger partial charge in [-0.05, 0) is 25.0 Å². The third-order valence-electron chi connectivity index (χ3n) is 2.54. The second-order valence-electron chi connectivity index (χ2n) is 3.74. The van der Waals surface area contributed by atoms with Crippen LogP contribution >= 0.6 is 0 Å². The maximum absolute atomic E-state index is 10.3. The first kappa shape index (κ1) is 9.46. The Kier molecular flexibility index (Phi) is 2.99. The Balaban J connectivity index is 1.87. The lowest BCUT2D eigenvalue weighted by Gasteiger charge is -2.19. The van der Waals surface area contributed by atoms with Gasteiger partial charge in [0.1, 0.15) is 12.0 Å². The maximum Gasteiger partial charge on any atom is 0.121 e. The van der Waals surface area contributed by atoms with Gasteiger partial charge in [-0.25, -0.2) is 0 Å². The number of hydrogen-bond acceptors (Lipinski definition) is 3. The van der Waals surface area contributed by atoms with Gasteiger partial charge in [-0.15, -0.1) is 0 Å². The number of carbonyl (C=O) groups excluding carboxylic acids is 1. The van der Waals surface area contributed by atoms with E-state index in [0.717, 1.165) is 25.1 Å². The Morgan fingerprint density at radius 2 is 2.43 bits per heavy atom. The summed E-state index contributed by atoms with van der Waals surface area (Å²) < 4.78 is 5.29. The van der Waals surface area contributed by atoms with Crippen molar-refractivity contribution in [2.75, 3.05) is 6.54 Å². The highest BCUT2D eigenvalue weighted by molar-refractivity contribution is 5.49. The molecule has 2 rings (SSSR count). The van der Waals surface area contributed by atoms with E-state index in [1.807, 2.05) is 12.1 Å². The Hall–Kier alpha value is -1.09. The minimum atomic E-state index is 0.622. The quantitative estimate of drug-likeness (QED) is 0.646. The van der Waals surface area contributed by atoms with Gasteiger partial charge >= 0.3 is 0 Å². The molecule has 0 bridgehead atoms. The van der Waals surface area contributed by atoms with Crippen molar-refractivity contribution in [1.82, 2.24) is 4.90 Å². The molecule has 0 unspecified atom stereocenters. The molecule has 1 heterocycles. The zero-order chi connectivity index (χ0) is 9.80. The molecule has 0 amide bonds. The molecule has 1 aromatic rings. The molecule has 0 aliphatic heterocycles. The van der Waals surface area contributed by atoms with Gasteiger partial charge in [0, 0.05) is 19.0 Å². The SMILES string of the molecule is O=CCCN(Cc1ccco1)C1CC1. The second-order valence-corrected chi connectivity index (χ2v) is 3.74. The van der Waals surface area contributed by atoms with E-state index in [2.05, 4.69) is 4.90 Å². The third-order valence-corrected chi connectivity index (χ3v) is 2.54. The van der Waals surface area contributed by atoms with Gasteiger partial charge in [0.05, 0.1) is 12.8 Å². The van der Waals surface area contributed by atoms with Crippen molar-refractivity contribution >= 4 is 6.29 Å². The molecule has 0 radical (unpaired) electrons. The molecule has 76 valence electrons. The Morgan fingerprint density at radius 3 is 3.00 bits per heavy atom. The molecule has 1 fully saturated rings. The summed E-state index contributed by atoms with van der Waals surface area (Å²) in [5.74, 6) is 0.989. The number of hydrogen-bond donors (Lipinski definition) is 0. The highest BCUT2D eigenvalue weighted by Gasteiger charge is 2.28. The molecule has 0 N–H and O–H groups in total. The lowest BCUT2D eigenvalue weighted by Crippen LogP contribution is -2.26. The summed E-state index contributed by atoms with van der Waals surface area (Å²) in [5.41, 5.74) is 0. The molecule has 1 saturated carbocycles. The van der Waals surface area contributed by atoms with Gasteiger partial charge < -0.3 is 9.21 Å². The average molecular weight is 193 g/mol. The summed E-state index contributed by atoms with van der Waals surface area (Å²) in [4.78, 5) is 12.6. The molecular weight excluding hydrogens is 178 g/mol. The number of carbonyl (C=O) groups is 1. The van der Waals surface area contributed by atoms with Crippen molar-refractivity contribution in [2.24, 2.45) is 0 Å². The summed E-state index contributed by atoms with van der Waals surface area (Å²) in [6.07, 6.45) is 5.83. The van der Waals surface area contributed by atoms with Crippen molar-refractivity contribution in [2.45, 2.75) is 31.8 Å². The summed E-state index contributed by atoms with van der Waals surface area (Å²) in [7, 11) is 0. The molecular formula is C11H15NO2. The molecule has 1 aromatic heterocycles. The van der Waals surface area contributed by atoms with E-state index in [-0.39, 0.29) is 0 Å². The monoisotopic (exact) mass is 193 g/mol. The van der Waals surface area contributed by atoms with Crippen LogP contribution in [0.15, 0.2) is 22.8 Å². The zero-order valence-corrected chi connectivity index (χ0v) is 8.19. The van der Waals surface area contributed by atoms with Crippen LogP contribution in [0.1, 0.15) is 25.0 Å². The van der Waals surface area contributed by atoms with Crippen molar-refractivity contribution in [3.8, 4) is 0 Å². The molecule has 0 saturated heterocycles. The predicted octanol–water partition coefficient (Wildman–Crippen LogP) is 1.83. The fraction of sp³-hybridized carbons (Fsp3) is 0.545. The van der Waals surface area contributed by atoms with Gasteiger partial charge in [0.25, 0.3) is 0 Å². The first-order chi connectivity index (χ1) is 6.90. The Morgan fingerprint density at radius 1 is 1.57 bits per heavy atom. The van der Waals surface area contributed by atoms with E-state index in [0.29, 0.717) is 12.5 Å². The van der Waals surface area contributed by atoms with E-state index in [9.17, 15) is 4.79 Å². The number of rotatable bonds is 6. The van der Waals surface area contributed by atoms with Crippen LogP contribution in [0.25, 0.3) is 0 Å². The summed E-state index contributed by atoms with van der Waals surface area (Å²) in [6, 6.07) is 4.57. The Bertz CT molecular complexity index is 277. The number of aldehydes is 1. The normalized spacial score (nSPS) is 16.1. The van der Waals surface area contributed by atoms with Crippen molar-refractivity contribution in [1.29, 1.82) is 0 Å². The molecule has 14 heavy (non-hydrogen) atoms. The molecule has 3 nitrogen and oxygen atoms in total. The van der Waals surface area contributed by atoms with Crippen LogP contribution in [0.5, 0.6) is 0 Å². The smallest absolute Gasteiger partial charge is 0.121 e. The Labute approximate surface area is 83.7 Å². The van der Waals surface area contributed by atoms with Crippen LogP contribution in [-0.4, -0.2) is 23.8 Å².